The van der Waals surface area contributed by atoms with Crippen LogP contribution in [0.3, 0.4) is 0 Å². The topological polar surface area (TPSA) is 70.2 Å². The lowest BCUT2D eigenvalue weighted by Gasteiger charge is -2.33. The molecular weight excluding hydrogens is 374 g/mol. The minimum Gasteiger partial charge on any atom is -0.348 e. The Bertz CT molecular complexity index is 904. The first-order valence-corrected chi connectivity index (χ1v) is 10.9. The molecule has 3 atom stereocenters. The molecule has 1 aliphatic heterocycles. The van der Waals surface area contributed by atoms with Crippen LogP contribution in [0.25, 0.3) is 0 Å². The van der Waals surface area contributed by atoms with E-state index in [0.717, 1.165) is 11.1 Å². The predicted molar refractivity (Wildman–Crippen MR) is 118 cm³/mol. The second kappa shape index (κ2) is 8.23. The normalized spacial score (nSPS) is 23.5. The number of hydrogen-bond acceptors (Lipinski definition) is 3. The van der Waals surface area contributed by atoms with Gasteiger partial charge in [-0.1, -0.05) is 75.4 Å². The summed E-state index contributed by atoms with van der Waals surface area (Å²) < 4.78 is 0. The van der Waals surface area contributed by atoms with Crippen LogP contribution in [0.1, 0.15) is 68.9 Å². The molecule has 0 bridgehead atoms. The summed E-state index contributed by atoms with van der Waals surface area (Å²) in [7, 11) is 0. The number of carbonyl (C=O) groups is 2. The fraction of sp³-hybridized carbons (Fsp3) is 0.440. The van der Waals surface area contributed by atoms with Crippen molar-refractivity contribution in [3.8, 4) is 0 Å². The highest BCUT2D eigenvalue weighted by atomic mass is 16.2. The Balaban J connectivity index is 1.46. The van der Waals surface area contributed by atoms with Crippen LogP contribution in [0, 0.1) is 5.92 Å². The Hall–Kier alpha value is -2.66. The minimum absolute atomic E-state index is 0.0967. The van der Waals surface area contributed by atoms with Gasteiger partial charge in [0.1, 0.15) is 6.17 Å². The first-order valence-electron chi connectivity index (χ1n) is 10.9. The third kappa shape index (κ3) is 4.41. The van der Waals surface area contributed by atoms with Crippen LogP contribution < -0.4 is 16.0 Å². The highest BCUT2D eigenvalue weighted by Crippen LogP contribution is 2.47. The maximum atomic E-state index is 13.1. The van der Waals surface area contributed by atoms with Crippen molar-refractivity contribution in [3.63, 3.8) is 0 Å². The predicted octanol–water partition coefficient (Wildman–Crippen LogP) is 3.73. The van der Waals surface area contributed by atoms with Crippen molar-refractivity contribution >= 4 is 11.8 Å². The lowest BCUT2D eigenvalue weighted by molar-refractivity contribution is -0.132. The van der Waals surface area contributed by atoms with Crippen LogP contribution in [0.5, 0.6) is 0 Å². The van der Waals surface area contributed by atoms with Crippen molar-refractivity contribution in [3.05, 3.63) is 71.3 Å². The monoisotopic (exact) mass is 405 g/mol. The number of hydrogen-bond donors (Lipinski definition) is 3. The summed E-state index contributed by atoms with van der Waals surface area (Å²) in [5, 5.41) is 9.40. The van der Waals surface area contributed by atoms with Crippen molar-refractivity contribution in [2.24, 2.45) is 5.92 Å². The van der Waals surface area contributed by atoms with E-state index in [4.69, 9.17) is 0 Å². The zero-order valence-electron chi connectivity index (χ0n) is 17.9. The second-order valence-electron chi connectivity index (χ2n) is 9.25. The van der Waals surface area contributed by atoms with E-state index in [-0.39, 0.29) is 36.4 Å². The number of carbonyl (C=O) groups excluding carboxylic acids is 2. The Labute approximate surface area is 178 Å². The van der Waals surface area contributed by atoms with E-state index in [1.165, 1.54) is 18.4 Å². The van der Waals surface area contributed by atoms with Crippen LogP contribution in [-0.4, -0.2) is 17.9 Å². The van der Waals surface area contributed by atoms with Gasteiger partial charge in [-0.2, -0.15) is 0 Å². The number of benzene rings is 2. The van der Waals surface area contributed by atoms with E-state index in [1.54, 1.807) is 0 Å². The second-order valence-corrected chi connectivity index (χ2v) is 9.25. The molecule has 1 saturated carbocycles. The van der Waals surface area contributed by atoms with Crippen molar-refractivity contribution in [2.75, 3.05) is 0 Å². The largest absolute Gasteiger partial charge is 0.348 e. The Kier molecular flexibility index (Phi) is 5.65. The molecule has 2 fully saturated rings. The fourth-order valence-electron chi connectivity index (χ4n) is 4.16. The summed E-state index contributed by atoms with van der Waals surface area (Å²) in [4.78, 5) is 25.3. The van der Waals surface area contributed by atoms with Gasteiger partial charge in [0, 0.05) is 0 Å². The molecule has 30 heavy (non-hydrogen) atoms. The summed E-state index contributed by atoms with van der Waals surface area (Å²) in [6.07, 6.45) is 2.26. The third-order valence-corrected chi connectivity index (χ3v) is 6.44. The molecule has 2 amide bonds. The SMILES string of the molecule is CC(C)[C@@H](NC(=O)C1CC(=O)NC(c2ccccc2)N1)c1ccc(C2(C)CC2)cc1. The number of nitrogens with one attached hydrogen (secondary N) is 3. The highest BCUT2D eigenvalue weighted by molar-refractivity contribution is 5.90. The molecular formula is C25H31N3O2. The van der Waals surface area contributed by atoms with Gasteiger partial charge in [0.05, 0.1) is 18.5 Å². The van der Waals surface area contributed by atoms with E-state index in [2.05, 4.69) is 61.0 Å². The van der Waals surface area contributed by atoms with Gasteiger partial charge < -0.3 is 10.6 Å². The third-order valence-electron chi connectivity index (χ3n) is 6.44. The van der Waals surface area contributed by atoms with E-state index >= 15 is 0 Å². The van der Waals surface area contributed by atoms with E-state index in [9.17, 15) is 9.59 Å². The van der Waals surface area contributed by atoms with Crippen molar-refractivity contribution in [1.82, 2.24) is 16.0 Å². The lowest BCUT2D eigenvalue weighted by atomic mass is 9.91. The van der Waals surface area contributed by atoms with Gasteiger partial charge in [-0.25, -0.2) is 0 Å². The minimum atomic E-state index is -0.560. The van der Waals surface area contributed by atoms with Crippen LogP contribution in [0.4, 0.5) is 0 Å². The molecule has 158 valence electrons. The molecule has 1 saturated heterocycles. The molecule has 1 aliphatic carbocycles. The first kappa shape index (κ1) is 20.6. The summed E-state index contributed by atoms with van der Waals surface area (Å²) >= 11 is 0. The van der Waals surface area contributed by atoms with Gasteiger partial charge in [-0.15, -0.1) is 0 Å². The lowest BCUT2D eigenvalue weighted by Crippen LogP contribution is -2.56. The summed E-state index contributed by atoms with van der Waals surface area (Å²) in [6.45, 7) is 6.51. The molecule has 5 nitrogen and oxygen atoms in total. The quantitative estimate of drug-likeness (QED) is 0.686. The molecule has 2 aromatic carbocycles. The van der Waals surface area contributed by atoms with Gasteiger partial charge in [-0.3, -0.25) is 14.9 Å². The van der Waals surface area contributed by atoms with Crippen LogP contribution in [-0.2, 0) is 15.0 Å². The number of rotatable bonds is 6. The molecule has 2 aromatic rings. The van der Waals surface area contributed by atoms with Gasteiger partial charge in [0.15, 0.2) is 0 Å². The van der Waals surface area contributed by atoms with Gasteiger partial charge >= 0.3 is 0 Å². The standard InChI is InChI=1S/C25H31N3O2/c1-16(2)22(17-9-11-19(12-10-17)25(3)13-14-25)28-24(30)20-15-21(29)27-23(26-20)18-7-5-4-6-8-18/h4-12,16,20,22-23,26H,13-15H2,1-3H3,(H,27,29)(H,28,30)/t20?,22-,23?/m1/s1. The van der Waals surface area contributed by atoms with Crippen LogP contribution >= 0.6 is 0 Å². The van der Waals surface area contributed by atoms with E-state index in [0.29, 0.717) is 5.41 Å². The summed E-state index contributed by atoms with van der Waals surface area (Å²) in [6, 6.07) is 17.7. The van der Waals surface area contributed by atoms with Crippen LogP contribution in [0.15, 0.2) is 54.6 Å². The van der Waals surface area contributed by atoms with Gasteiger partial charge in [-0.05, 0) is 40.9 Å². The Morgan fingerprint density at radius 3 is 2.33 bits per heavy atom. The van der Waals surface area contributed by atoms with Gasteiger partial charge in [0.25, 0.3) is 0 Å². The summed E-state index contributed by atoms with van der Waals surface area (Å²) in [5.74, 6) is -0.0211. The molecule has 0 spiro atoms. The maximum Gasteiger partial charge on any atom is 0.238 e. The Morgan fingerprint density at radius 1 is 1.07 bits per heavy atom. The molecule has 0 radical (unpaired) electrons. The fourth-order valence-corrected chi connectivity index (χ4v) is 4.16. The average Bonchev–Trinajstić information content (AvgIpc) is 3.50. The molecule has 2 aliphatic rings. The van der Waals surface area contributed by atoms with Crippen molar-refractivity contribution in [2.45, 2.75) is 63.7 Å². The average molecular weight is 406 g/mol. The van der Waals surface area contributed by atoms with Crippen molar-refractivity contribution in [1.29, 1.82) is 0 Å². The smallest absolute Gasteiger partial charge is 0.238 e. The zero-order valence-corrected chi connectivity index (χ0v) is 17.9. The van der Waals surface area contributed by atoms with Crippen molar-refractivity contribution < 1.29 is 9.59 Å². The van der Waals surface area contributed by atoms with E-state index in [1.807, 2.05) is 30.3 Å². The molecule has 2 unspecified atom stereocenters. The van der Waals surface area contributed by atoms with Crippen LogP contribution in [0.2, 0.25) is 0 Å². The molecule has 3 N–H and O–H groups in total. The van der Waals surface area contributed by atoms with Gasteiger partial charge in [0.2, 0.25) is 11.8 Å². The molecule has 1 heterocycles. The van der Waals surface area contributed by atoms with E-state index < -0.39 is 6.04 Å². The first-order chi connectivity index (χ1) is 14.4. The zero-order chi connectivity index (χ0) is 21.3. The Morgan fingerprint density at radius 2 is 1.73 bits per heavy atom. The highest BCUT2D eigenvalue weighted by Gasteiger charge is 2.39. The molecule has 5 heteroatoms. The maximum absolute atomic E-state index is 13.1. The number of amides is 2. The molecule has 4 rings (SSSR count). The summed E-state index contributed by atoms with van der Waals surface area (Å²) in [5.41, 5.74) is 3.75. The molecule has 0 aromatic heterocycles.